The van der Waals surface area contributed by atoms with Crippen molar-refractivity contribution in [1.29, 1.82) is 0 Å². The van der Waals surface area contributed by atoms with E-state index >= 15 is 0 Å². The summed E-state index contributed by atoms with van der Waals surface area (Å²) >= 11 is 2.27. The summed E-state index contributed by atoms with van der Waals surface area (Å²) in [5.74, 6) is 0. The summed E-state index contributed by atoms with van der Waals surface area (Å²) in [4.78, 5) is 0. The van der Waals surface area contributed by atoms with E-state index in [-0.39, 0.29) is 0 Å². The third-order valence-electron chi connectivity index (χ3n) is 1.66. The zero-order chi connectivity index (χ0) is 7.68. The monoisotopic (exact) mass is 256 g/mol. The van der Waals surface area contributed by atoms with Crippen LogP contribution in [0.25, 0.3) is 10.9 Å². The second kappa shape index (κ2) is 2.77. The van der Waals surface area contributed by atoms with Crippen molar-refractivity contribution < 1.29 is 25.6 Å². The Morgan fingerprint density at radius 1 is 1.00 bits per heavy atom. The Kier molecular flexibility index (Phi) is 1.77. The summed E-state index contributed by atoms with van der Waals surface area (Å²) in [6.45, 7) is 0. The molecule has 0 saturated carbocycles. The van der Waals surface area contributed by atoms with Crippen molar-refractivity contribution in [3.05, 3.63) is 42.6 Å². The van der Waals surface area contributed by atoms with Gasteiger partial charge in [0.15, 0.2) is 5.52 Å². The lowest BCUT2D eigenvalue weighted by Crippen LogP contribution is -3.50. The number of fused-ring (bicyclic) bond motifs is 1. The van der Waals surface area contributed by atoms with Gasteiger partial charge in [0.2, 0.25) is 0 Å². The predicted octanol–water partition coefficient (Wildman–Crippen LogP) is -1.56. The van der Waals surface area contributed by atoms with Crippen LogP contribution in [0.15, 0.2) is 42.6 Å². The molecule has 0 aliphatic heterocycles. The fraction of sp³-hybridized carbons (Fsp3) is 0. The number of hydrogen-bond donors (Lipinski definition) is 0. The van der Waals surface area contributed by atoms with Gasteiger partial charge in [-0.15, -0.1) is 0 Å². The number of benzene rings is 1. The van der Waals surface area contributed by atoms with Crippen LogP contribution in [0.5, 0.6) is 0 Å². The van der Waals surface area contributed by atoms with Crippen molar-refractivity contribution in [2.45, 2.75) is 0 Å². The van der Waals surface area contributed by atoms with E-state index < -0.39 is 0 Å². The lowest BCUT2D eigenvalue weighted by Gasteiger charge is -2.00. The van der Waals surface area contributed by atoms with Crippen LogP contribution < -0.4 is 25.6 Å². The molecule has 0 N–H and O–H groups in total. The van der Waals surface area contributed by atoms with Crippen molar-refractivity contribution in [2.24, 2.45) is 0 Å². The number of nitrogens with zero attached hydrogens (tertiary/aromatic N) is 1. The van der Waals surface area contributed by atoms with Gasteiger partial charge in [-0.3, -0.25) is 0 Å². The van der Waals surface area contributed by atoms with Gasteiger partial charge in [0.1, 0.15) is 6.20 Å². The fourth-order valence-electron chi connectivity index (χ4n) is 1.13. The molecule has 0 aliphatic carbocycles. The average molecular weight is 256 g/mol. The summed E-state index contributed by atoms with van der Waals surface area (Å²) in [6, 6.07) is 12.5. The SMILES string of the molecule is [I-][n+]1cccc2ccccc21. The first-order valence-electron chi connectivity index (χ1n) is 3.43. The summed E-state index contributed by atoms with van der Waals surface area (Å²) < 4.78 is 2.09. The molecule has 0 amide bonds. The molecular weight excluding hydrogens is 249 g/mol. The normalized spacial score (nSPS) is 10.3. The standard InChI is InChI=1S/C9H7IN/c10-11-7-3-5-8-4-1-2-6-9(8)11/h1-7H. The molecule has 1 aromatic carbocycles. The van der Waals surface area contributed by atoms with E-state index in [0.29, 0.717) is 0 Å². The number of hydrogen-bond acceptors (Lipinski definition) is 0. The first-order valence-corrected chi connectivity index (χ1v) is 4.40. The number of aromatic nitrogens is 1. The third-order valence-corrected chi connectivity index (χ3v) is 2.50. The molecule has 0 aliphatic rings. The van der Waals surface area contributed by atoms with Crippen LogP contribution in [0.4, 0.5) is 0 Å². The maximum atomic E-state index is 2.27. The first kappa shape index (κ1) is 7.03. The fourth-order valence-corrected chi connectivity index (χ4v) is 1.75. The van der Waals surface area contributed by atoms with E-state index in [1.807, 2.05) is 6.20 Å². The summed E-state index contributed by atoms with van der Waals surface area (Å²) in [5.41, 5.74) is 1.26. The van der Waals surface area contributed by atoms with Crippen LogP contribution in [-0.2, 0) is 0 Å². The zero-order valence-corrected chi connectivity index (χ0v) is 8.02. The summed E-state index contributed by atoms with van der Waals surface area (Å²) in [5, 5.41) is 1.28. The Labute approximate surface area is 79.2 Å². The molecule has 2 heteroatoms. The largest absolute Gasteiger partial charge is 0.364 e. The topological polar surface area (TPSA) is 3.88 Å². The van der Waals surface area contributed by atoms with E-state index in [2.05, 4.69) is 62.0 Å². The second-order valence-electron chi connectivity index (χ2n) is 2.38. The number of halogens is 1. The van der Waals surface area contributed by atoms with Gasteiger partial charge >= 0.3 is 0 Å². The Balaban J connectivity index is 2.91. The minimum Gasteiger partial charge on any atom is -0.364 e. The van der Waals surface area contributed by atoms with Gasteiger partial charge in [-0.25, -0.2) is 0 Å². The highest BCUT2D eigenvalue weighted by Crippen LogP contribution is 2.05. The van der Waals surface area contributed by atoms with Crippen LogP contribution in [-0.4, -0.2) is 0 Å². The van der Waals surface area contributed by atoms with Gasteiger partial charge in [-0.2, -0.15) is 0 Å². The molecule has 1 radical (unpaired) electrons. The number of para-hydroxylation sites is 1. The van der Waals surface area contributed by atoms with Crippen molar-refractivity contribution >= 4 is 10.9 Å². The maximum Gasteiger partial charge on any atom is 0.187 e. The Bertz CT molecular complexity index is 379. The molecule has 1 nitrogen and oxygen atoms in total. The zero-order valence-electron chi connectivity index (χ0n) is 5.87. The van der Waals surface area contributed by atoms with E-state index in [4.69, 9.17) is 0 Å². The van der Waals surface area contributed by atoms with Crippen LogP contribution >= 0.6 is 0 Å². The Hall–Kier alpha value is -0.640. The summed E-state index contributed by atoms with van der Waals surface area (Å²) in [7, 11) is 0. The summed E-state index contributed by atoms with van der Waals surface area (Å²) in [6.07, 6.45) is 2.04. The molecule has 2 aromatic rings. The molecule has 55 valence electrons. The van der Waals surface area contributed by atoms with Crippen LogP contribution in [0.3, 0.4) is 0 Å². The molecule has 0 unspecified atom stereocenters. The van der Waals surface area contributed by atoms with Crippen LogP contribution in [0, 0.1) is 0 Å². The smallest absolute Gasteiger partial charge is 0.187 e. The Morgan fingerprint density at radius 3 is 2.55 bits per heavy atom. The lowest BCUT2D eigenvalue weighted by molar-refractivity contribution is -1.15. The minimum absolute atomic E-state index is 1.26. The molecule has 0 fully saturated rings. The van der Waals surface area contributed by atoms with Gasteiger partial charge in [-0.05, 0) is 12.1 Å². The lowest BCUT2D eigenvalue weighted by atomic mass is 10.2. The predicted molar refractivity (Wildman–Crippen MR) is 39.5 cm³/mol. The quantitative estimate of drug-likeness (QED) is 0.502. The third kappa shape index (κ3) is 1.22. The first-order chi connectivity index (χ1) is 5.38. The number of rotatable bonds is 0. The minimum atomic E-state index is 1.26. The average Bonchev–Trinajstić information content (AvgIpc) is 2.06. The maximum absolute atomic E-state index is 2.27. The van der Waals surface area contributed by atoms with Gasteiger partial charge in [0.25, 0.3) is 0 Å². The number of pyridine rings is 1. The van der Waals surface area contributed by atoms with Crippen molar-refractivity contribution in [3.63, 3.8) is 0 Å². The van der Waals surface area contributed by atoms with E-state index in [1.54, 1.807) is 0 Å². The van der Waals surface area contributed by atoms with Gasteiger partial charge in [0, 0.05) is 17.5 Å². The Morgan fingerprint density at radius 2 is 1.73 bits per heavy atom. The molecule has 0 spiro atoms. The molecular formula is C9H7IN. The van der Waals surface area contributed by atoms with Gasteiger partial charge in [-0.1, -0.05) is 12.1 Å². The van der Waals surface area contributed by atoms with Crippen LogP contribution in [0.1, 0.15) is 0 Å². The molecule has 1 heterocycles. The molecule has 0 saturated heterocycles. The highest BCUT2D eigenvalue weighted by Gasteiger charge is 1.95. The van der Waals surface area contributed by atoms with Crippen molar-refractivity contribution in [3.8, 4) is 0 Å². The molecule has 11 heavy (non-hydrogen) atoms. The van der Waals surface area contributed by atoms with Crippen molar-refractivity contribution in [2.75, 3.05) is 0 Å². The molecule has 1 aromatic heterocycles. The molecule has 0 atom stereocenters. The highest BCUT2D eigenvalue weighted by molar-refractivity contribution is 5.74. The second-order valence-corrected chi connectivity index (χ2v) is 3.42. The molecule has 0 bridgehead atoms. The van der Waals surface area contributed by atoms with E-state index in [1.165, 1.54) is 10.9 Å². The van der Waals surface area contributed by atoms with Gasteiger partial charge < -0.3 is 25.6 Å². The molecule has 2 rings (SSSR count). The van der Waals surface area contributed by atoms with E-state index in [0.717, 1.165) is 0 Å². The van der Waals surface area contributed by atoms with Crippen LogP contribution in [0.2, 0.25) is 0 Å². The van der Waals surface area contributed by atoms with Gasteiger partial charge in [0.05, 0.1) is 0 Å². The highest BCUT2D eigenvalue weighted by atomic mass is 127. The van der Waals surface area contributed by atoms with E-state index in [9.17, 15) is 0 Å². The van der Waals surface area contributed by atoms with Crippen molar-refractivity contribution in [1.82, 2.24) is 0 Å².